The first-order valence-electron chi connectivity index (χ1n) is 11.9. The fourth-order valence-corrected chi connectivity index (χ4v) is 4.92. The lowest BCUT2D eigenvalue weighted by atomic mass is 10.0. The van der Waals surface area contributed by atoms with E-state index >= 15 is 0 Å². The highest BCUT2D eigenvalue weighted by Gasteiger charge is 2.28. The molecule has 0 unspecified atom stereocenters. The van der Waals surface area contributed by atoms with Gasteiger partial charge in [0.2, 0.25) is 5.75 Å². The van der Waals surface area contributed by atoms with Gasteiger partial charge in [-0.1, -0.05) is 48.0 Å². The Balaban J connectivity index is 1.56. The lowest BCUT2D eigenvalue weighted by Crippen LogP contribution is -2.10. The summed E-state index contributed by atoms with van der Waals surface area (Å²) in [7, 11) is 4.76. The molecule has 0 aliphatic heterocycles. The zero-order valence-electron chi connectivity index (χ0n) is 20.8. The molecule has 1 aliphatic rings. The molecule has 0 atom stereocenters. The van der Waals surface area contributed by atoms with Crippen molar-refractivity contribution >= 4 is 40.1 Å². The van der Waals surface area contributed by atoms with Crippen molar-refractivity contribution in [2.24, 2.45) is 0 Å². The Morgan fingerprint density at radius 3 is 2.35 bits per heavy atom. The van der Waals surface area contributed by atoms with Gasteiger partial charge in [0.25, 0.3) is 0 Å². The summed E-state index contributed by atoms with van der Waals surface area (Å²) in [5.41, 5.74) is 5.66. The van der Waals surface area contributed by atoms with E-state index in [1.165, 1.54) is 0 Å². The Bertz CT molecular complexity index is 1500. The van der Waals surface area contributed by atoms with Gasteiger partial charge < -0.3 is 18.9 Å². The number of nitrogens with zero attached hydrogens (tertiary/aromatic N) is 1. The van der Waals surface area contributed by atoms with E-state index in [0.717, 1.165) is 45.3 Å². The van der Waals surface area contributed by atoms with Crippen molar-refractivity contribution in [1.82, 2.24) is 4.98 Å². The first kappa shape index (κ1) is 24.7. The van der Waals surface area contributed by atoms with Crippen molar-refractivity contribution in [3.8, 4) is 17.2 Å². The highest BCUT2D eigenvalue weighted by molar-refractivity contribution is 6.31. The molecule has 5 rings (SSSR count). The smallest absolute Gasteiger partial charge is 0.339 e. The van der Waals surface area contributed by atoms with E-state index in [4.69, 9.17) is 35.5 Å². The van der Waals surface area contributed by atoms with Gasteiger partial charge in [-0.15, -0.1) is 0 Å². The molecule has 1 aliphatic carbocycles. The summed E-state index contributed by atoms with van der Waals surface area (Å²) in [5.74, 6) is 1.29. The fourth-order valence-electron chi connectivity index (χ4n) is 4.73. The second-order valence-corrected chi connectivity index (χ2v) is 9.03. The van der Waals surface area contributed by atoms with E-state index in [1.54, 1.807) is 27.4 Å². The minimum absolute atomic E-state index is 0.0953. The third-order valence-corrected chi connectivity index (χ3v) is 6.86. The molecule has 0 amide bonds. The number of pyridine rings is 1. The summed E-state index contributed by atoms with van der Waals surface area (Å²) in [6.45, 7) is 0.0953. The lowest BCUT2D eigenvalue weighted by molar-refractivity contribution is 0.0474. The minimum atomic E-state index is -0.385. The highest BCUT2D eigenvalue weighted by atomic mass is 35.5. The predicted octanol–water partition coefficient (Wildman–Crippen LogP) is 6.76. The Kier molecular flexibility index (Phi) is 7.01. The summed E-state index contributed by atoms with van der Waals surface area (Å²) in [5, 5.41) is 1.34. The van der Waals surface area contributed by atoms with Crippen LogP contribution in [0.1, 0.15) is 39.2 Å². The number of ether oxygens (including phenoxy) is 4. The average molecular weight is 516 g/mol. The van der Waals surface area contributed by atoms with E-state index in [0.29, 0.717) is 34.3 Å². The number of hydrogen-bond acceptors (Lipinski definition) is 6. The fraction of sp³-hybridized carbons (Fsp3) is 0.200. The molecule has 0 bridgehead atoms. The molecule has 0 radical (unpaired) electrons. The summed E-state index contributed by atoms with van der Waals surface area (Å²) < 4.78 is 22.2. The van der Waals surface area contributed by atoms with Gasteiger partial charge >= 0.3 is 5.97 Å². The topological polar surface area (TPSA) is 66.9 Å². The number of halogens is 1. The van der Waals surface area contributed by atoms with Crippen LogP contribution in [0.3, 0.4) is 0 Å². The van der Waals surface area contributed by atoms with Gasteiger partial charge in [-0.05, 0) is 59.9 Å². The molecule has 7 heteroatoms. The van der Waals surface area contributed by atoms with Gasteiger partial charge in [0, 0.05) is 16.0 Å². The second kappa shape index (κ2) is 10.5. The molecule has 0 fully saturated rings. The number of allylic oxidation sites excluding steroid dienone is 1. The van der Waals surface area contributed by atoms with Crippen LogP contribution in [0.15, 0.2) is 60.7 Å². The molecule has 0 spiro atoms. The van der Waals surface area contributed by atoms with Crippen LogP contribution in [0, 0.1) is 0 Å². The number of methoxy groups -OCH3 is 3. The predicted molar refractivity (Wildman–Crippen MR) is 145 cm³/mol. The summed E-state index contributed by atoms with van der Waals surface area (Å²) in [4.78, 5) is 18.4. The van der Waals surface area contributed by atoms with Gasteiger partial charge in [-0.25, -0.2) is 9.78 Å². The normalized spacial score (nSPS) is 13.5. The summed E-state index contributed by atoms with van der Waals surface area (Å²) in [6.07, 6.45) is 3.47. The van der Waals surface area contributed by atoms with Gasteiger partial charge in [0.05, 0.1) is 38.1 Å². The number of aromatic nitrogens is 1. The molecule has 37 heavy (non-hydrogen) atoms. The number of fused-ring (bicyclic) bond motifs is 2. The van der Waals surface area contributed by atoms with Crippen molar-refractivity contribution < 1.29 is 23.7 Å². The molecule has 0 N–H and O–H groups in total. The largest absolute Gasteiger partial charge is 0.493 e. The summed E-state index contributed by atoms with van der Waals surface area (Å²) >= 11 is 6.27. The van der Waals surface area contributed by atoms with Gasteiger partial charge in [-0.3, -0.25) is 0 Å². The SMILES string of the molecule is COc1cc(C=C2CCc3c2nc2ccccc2c3C(=O)OCc2ccccc2Cl)cc(OC)c1OC. The number of rotatable bonds is 7. The second-order valence-electron chi connectivity index (χ2n) is 8.63. The molecule has 4 aromatic rings. The van der Waals surface area contributed by atoms with E-state index in [9.17, 15) is 4.79 Å². The van der Waals surface area contributed by atoms with Crippen molar-refractivity contribution in [1.29, 1.82) is 0 Å². The van der Waals surface area contributed by atoms with Crippen LogP contribution in [0.2, 0.25) is 5.02 Å². The van der Waals surface area contributed by atoms with Gasteiger partial charge in [-0.2, -0.15) is 0 Å². The maximum Gasteiger partial charge on any atom is 0.339 e. The van der Waals surface area contributed by atoms with E-state index in [-0.39, 0.29) is 12.6 Å². The van der Waals surface area contributed by atoms with E-state index < -0.39 is 0 Å². The maximum atomic E-state index is 13.4. The van der Waals surface area contributed by atoms with Crippen LogP contribution in [0.25, 0.3) is 22.6 Å². The van der Waals surface area contributed by atoms with Crippen LogP contribution >= 0.6 is 11.6 Å². The third kappa shape index (κ3) is 4.72. The zero-order valence-corrected chi connectivity index (χ0v) is 21.6. The van der Waals surface area contributed by atoms with Crippen LogP contribution in [0.4, 0.5) is 0 Å². The van der Waals surface area contributed by atoms with Crippen molar-refractivity contribution in [2.45, 2.75) is 19.4 Å². The Hall–Kier alpha value is -4.03. The number of benzene rings is 3. The van der Waals surface area contributed by atoms with Gasteiger partial charge in [0.15, 0.2) is 11.5 Å². The van der Waals surface area contributed by atoms with Crippen molar-refractivity contribution in [3.63, 3.8) is 0 Å². The van der Waals surface area contributed by atoms with E-state index in [1.807, 2.05) is 54.6 Å². The first-order valence-corrected chi connectivity index (χ1v) is 12.2. The third-order valence-electron chi connectivity index (χ3n) is 6.49. The molecule has 1 heterocycles. The molecule has 188 valence electrons. The standard InChI is InChI=1S/C30H26ClNO5/c1-34-25-15-18(16-26(35-2)29(25)36-3)14-19-12-13-22-27(21-9-5-7-11-24(21)32-28(19)22)30(33)37-17-20-8-4-6-10-23(20)31/h4-11,14-16H,12-13,17H2,1-3H3. The van der Waals surface area contributed by atoms with Crippen molar-refractivity contribution in [2.75, 3.05) is 21.3 Å². The molecule has 6 nitrogen and oxygen atoms in total. The molecular formula is C30H26ClNO5. The molecule has 0 saturated carbocycles. The molecule has 3 aromatic carbocycles. The Labute approximate surface area is 220 Å². The molecule has 0 saturated heterocycles. The number of para-hydroxylation sites is 1. The van der Waals surface area contributed by atoms with Crippen LogP contribution < -0.4 is 14.2 Å². The van der Waals surface area contributed by atoms with Crippen LogP contribution in [-0.2, 0) is 17.8 Å². The van der Waals surface area contributed by atoms with E-state index in [2.05, 4.69) is 6.08 Å². The number of carbonyl (C=O) groups excluding carboxylic acids is 1. The van der Waals surface area contributed by atoms with Crippen LogP contribution in [-0.4, -0.2) is 32.3 Å². The van der Waals surface area contributed by atoms with Crippen molar-refractivity contribution in [3.05, 3.63) is 93.6 Å². The van der Waals surface area contributed by atoms with Crippen LogP contribution in [0.5, 0.6) is 17.2 Å². The average Bonchev–Trinajstić information content (AvgIpc) is 3.32. The Morgan fingerprint density at radius 2 is 1.65 bits per heavy atom. The molecular weight excluding hydrogens is 490 g/mol. The number of carbonyl (C=O) groups is 1. The van der Waals surface area contributed by atoms with Gasteiger partial charge in [0.1, 0.15) is 6.61 Å². The maximum absolute atomic E-state index is 13.4. The quantitative estimate of drug-likeness (QED) is 0.253. The molecule has 1 aromatic heterocycles. The Morgan fingerprint density at radius 1 is 0.946 bits per heavy atom. The number of esters is 1. The zero-order chi connectivity index (χ0) is 25.9. The summed E-state index contributed by atoms with van der Waals surface area (Å²) in [6, 6.07) is 18.8. The number of hydrogen-bond donors (Lipinski definition) is 0. The minimum Gasteiger partial charge on any atom is -0.493 e. The highest BCUT2D eigenvalue weighted by Crippen LogP contribution is 2.41. The lowest BCUT2D eigenvalue weighted by Gasteiger charge is -2.14. The monoisotopic (exact) mass is 515 g/mol. The first-order chi connectivity index (χ1) is 18.0.